The average Bonchev–Trinajstić information content (AvgIpc) is 3.56. The van der Waals surface area contributed by atoms with Crippen LogP contribution in [0.4, 0.5) is 10.5 Å². The normalized spacial score (nSPS) is 22.7. The first-order valence-electron chi connectivity index (χ1n) is 16.5. The molecule has 3 atom stereocenters. The monoisotopic (exact) mass is 673 g/mol. The zero-order valence-corrected chi connectivity index (χ0v) is 27.7. The second-order valence-electron chi connectivity index (χ2n) is 13.2. The van der Waals surface area contributed by atoms with Gasteiger partial charge in [-0.1, -0.05) is 53.5 Å². The number of hydrogen-bond acceptors (Lipinski definition) is 6. The standard InChI is InChI=1S/C36H37Cl2N5O4/c1-21-14-27-16-28(46-20-29-34(41-47-35(29)22-8-9-22)33-30(37)6-3-7-31(33)38)17-32(21)43(27)36(44)40-25-5-2-4-23(15-25)24-18-39-42(19-24)26-10-12-45-13-11-26/h2-7,15,17-19,21-22,26-27,32H,8-14,16,20H2,1H3,(H,40,44)/t21-,27?,32?/m1/s1. The van der Waals surface area contributed by atoms with Crippen molar-refractivity contribution < 1.29 is 18.8 Å². The number of rotatable bonds is 8. The summed E-state index contributed by atoms with van der Waals surface area (Å²) in [5.74, 6) is 2.39. The molecule has 2 unspecified atom stereocenters. The Morgan fingerprint density at radius 3 is 2.60 bits per heavy atom. The van der Waals surface area contributed by atoms with E-state index in [9.17, 15) is 4.79 Å². The van der Waals surface area contributed by atoms with Crippen molar-refractivity contribution in [3.63, 3.8) is 0 Å². The van der Waals surface area contributed by atoms with Crippen LogP contribution in [0, 0.1) is 5.92 Å². The molecule has 2 amide bonds. The van der Waals surface area contributed by atoms with E-state index in [4.69, 9.17) is 37.2 Å². The predicted molar refractivity (Wildman–Crippen MR) is 180 cm³/mol. The van der Waals surface area contributed by atoms with E-state index in [1.54, 1.807) is 12.1 Å². The fraction of sp³-hybridized carbons (Fsp3) is 0.417. The SMILES string of the molecule is C[C@@H]1CC2CC(OCc3c(-c4c(Cl)cccc4Cl)noc3C3CC3)=CC1N2C(=O)Nc1cccc(-c2cnn(C3CCOCC3)c2)c1. The van der Waals surface area contributed by atoms with Gasteiger partial charge < -0.3 is 24.2 Å². The van der Waals surface area contributed by atoms with Gasteiger partial charge in [-0.05, 0) is 73.9 Å². The Labute approximate surface area is 283 Å². The van der Waals surface area contributed by atoms with Gasteiger partial charge in [-0.3, -0.25) is 4.68 Å². The van der Waals surface area contributed by atoms with E-state index in [1.807, 2.05) is 40.0 Å². The van der Waals surface area contributed by atoms with Gasteiger partial charge >= 0.3 is 6.03 Å². The molecule has 244 valence electrons. The van der Waals surface area contributed by atoms with Crippen molar-refractivity contribution in [2.45, 2.75) is 76.1 Å². The van der Waals surface area contributed by atoms with Crippen molar-refractivity contribution in [1.29, 1.82) is 0 Å². The molecule has 2 bridgehead atoms. The maximum atomic E-state index is 13.7. The lowest BCUT2D eigenvalue weighted by Gasteiger charge is -2.34. The molecule has 9 nitrogen and oxygen atoms in total. The molecule has 3 aliphatic heterocycles. The van der Waals surface area contributed by atoms with Crippen molar-refractivity contribution in [2.24, 2.45) is 5.92 Å². The Morgan fingerprint density at radius 1 is 1.04 bits per heavy atom. The smallest absolute Gasteiger partial charge is 0.322 e. The third-order valence-corrected chi connectivity index (χ3v) is 10.6. The number of urea groups is 1. The number of amides is 2. The topological polar surface area (TPSA) is 94.7 Å². The molecule has 4 aromatic rings. The number of nitrogens with one attached hydrogen (secondary N) is 1. The van der Waals surface area contributed by atoms with Crippen LogP contribution >= 0.6 is 23.2 Å². The van der Waals surface area contributed by atoms with E-state index in [0.717, 1.165) is 79.2 Å². The summed E-state index contributed by atoms with van der Waals surface area (Å²) in [6, 6.07) is 13.6. The number of carbonyl (C=O) groups excluding carboxylic acids is 1. The third-order valence-electron chi connectivity index (χ3n) is 9.95. The van der Waals surface area contributed by atoms with Crippen LogP contribution in [0.1, 0.15) is 68.7 Å². The summed E-state index contributed by atoms with van der Waals surface area (Å²) in [5, 5.41) is 13.2. The van der Waals surface area contributed by atoms with Crippen molar-refractivity contribution >= 4 is 34.9 Å². The van der Waals surface area contributed by atoms with Gasteiger partial charge in [0.25, 0.3) is 0 Å². The van der Waals surface area contributed by atoms with E-state index in [1.165, 1.54) is 0 Å². The van der Waals surface area contributed by atoms with Gasteiger partial charge in [-0.15, -0.1) is 0 Å². The van der Waals surface area contributed by atoms with Gasteiger partial charge in [0.2, 0.25) is 0 Å². The lowest BCUT2D eigenvalue weighted by Crippen LogP contribution is -2.46. The Hall–Kier alpha value is -3.79. The Kier molecular flexibility index (Phi) is 8.23. The summed E-state index contributed by atoms with van der Waals surface area (Å²) in [5.41, 5.74) is 4.99. The van der Waals surface area contributed by atoms with Gasteiger partial charge in [0.05, 0.1) is 39.6 Å². The molecule has 3 fully saturated rings. The molecule has 11 heteroatoms. The Balaban J connectivity index is 0.967. The third kappa shape index (κ3) is 6.05. The average molecular weight is 675 g/mol. The lowest BCUT2D eigenvalue weighted by atomic mass is 10.0. The first-order valence-corrected chi connectivity index (χ1v) is 17.3. The van der Waals surface area contributed by atoms with Crippen molar-refractivity contribution in [3.8, 4) is 22.4 Å². The number of halogens is 2. The van der Waals surface area contributed by atoms with E-state index in [0.29, 0.717) is 52.2 Å². The molecule has 8 rings (SSSR count). The van der Waals surface area contributed by atoms with E-state index in [-0.39, 0.29) is 18.1 Å². The number of benzene rings is 2. The second-order valence-corrected chi connectivity index (χ2v) is 14.0. The molecule has 2 aromatic heterocycles. The summed E-state index contributed by atoms with van der Waals surface area (Å²) in [4.78, 5) is 15.7. The molecule has 5 heterocycles. The van der Waals surface area contributed by atoms with Crippen LogP contribution in [-0.2, 0) is 16.1 Å². The van der Waals surface area contributed by atoms with Gasteiger partial charge in [0.1, 0.15) is 18.1 Å². The second kappa shape index (κ2) is 12.7. The molecule has 1 aliphatic carbocycles. The number of ether oxygens (including phenoxy) is 2. The van der Waals surface area contributed by atoms with E-state index < -0.39 is 0 Å². The van der Waals surface area contributed by atoms with Gasteiger partial charge in [-0.25, -0.2) is 4.79 Å². The minimum Gasteiger partial charge on any atom is -0.493 e. The van der Waals surface area contributed by atoms with E-state index in [2.05, 4.69) is 40.8 Å². The highest BCUT2D eigenvalue weighted by atomic mass is 35.5. The van der Waals surface area contributed by atoms with Gasteiger partial charge in [-0.2, -0.15) is 5.10 Å². The van der Waals surface area contributed by atoms with Crippen molar-refractivity contribution in [3.05, 3.63) is 88.1 Å². The minimum absolute atomic E-state index is 0.0405. The largest absolute Gasteiger partial charge is 0.493 e. The quantitative estimate of drug-likeness (QED) is 0.201. The maximum Gasteiger partial charge on any atom is 0.322 e. The molecular formula is C36H37Cl2N5O4. The van der Waals surface area contributed by atoms with Crippen LogP contribution < -0.4 is 5.32 Å². The van der Waals surface area contributed by atoms with Crippen molar-refractivity contribution in [1.82, 2.24) is 19.8 Å². The number of aromatic nitrogens is 3. The minimum atomic E-state index is -0.0968. The Morgan fingerprint density at radius 2 is 1.83 bits per heavy atom. The van der Waals surface area contributed by atoms with Gasteiger partial charge in [0, 0.05) is 54.6 Å². The van der Waals surface area contributed by atoms with Crippen LogP contribution in [-0.4, -0.2) is 51.2 Å². The summed E-state index contributed by atoms with van der Waals surface area (Å²) < 4.78 is 19.9. The van der Waals surface area contributed by atoms with Crippen LogP contribution in [0.5, 0.6) is 0 Å². The molecule has 2 saturated heterocycles. The fourth-order valence-corrected chi connectivity index (χ4v) is 7.92. The lowest BCUT2D eigenvalue weighted by molar-refractivity contribution is 0.0662. The summed E-state index contributed by atoms with van der Waals surface area (Å²) >= 11 is 13.1. The highest BCUT2D eigenvalue weighted by Gasteiger charge is 2.45. The zero-order chi connectivity index (χ0) is 32.1. The highest BCUT2D eigenvalue weighted by molar-refractivity contribution is 6.39. The number of carbonyl (C=O) groups is 1. The molecule has 1 N–H and O–H groups in total. The first kappa shape index (κ1) is 30.5. The number of fused-ring (bicyclic) bond motifs is 2. The highest BCUT2D eigenvalue weighted by Crippen LogP contribution is 2.47. The summed E-state index contributed by atoms with van der Waals surface area (Å²) in [7, 11) is 0. The van der Waals surface area contributed by atoms with Gasteiger partial charge in [0.15, 0.2) is 0 Å². The zero-order valence-electron chi connectivity index (χ0n) is 26.2. The fourth-order valence-electron chi connectivity index (χ4n) is 7.34. The first-order chi connectivity index (χ1) is 22.9. The molecular weight excluding hydrogens is 637 g/mol. The van der Waals surface area contributed by atoms with Crippen LogP contribution in [0.3, 0.4) is 0 Å². The number of anilines is 1. The summed E-state index contributed by atoms with van der Waals surface area (Å²) in [6.45, 7) is 4.04. The summed E-state index contributed by atoms with van der Waals surface area (Å²) in [6.07, 6.45) is 11.7. The van der Waals surface area contributed by atoms with Crippen LogP contribution in [0.25, 0.3) is 22.4 Å². The number of hydrogen-bond donors (Lipinski definition) is 1. The van der Waals surface area contributed by atoms with Crippen LogP contribution in [0.2, 0.25) is 10.0 Å². The Bertz CT molecular complexity index is 1800. The molecule has 0 spiro atoms. The molecule has 4 aliphatic rings. The molecule has 47 heavy (non-hydrogen) atoms. The number of nitrogens with zero attached hydrogens (tertiary/aromatic N) is 4. The van der Waals surface area contributed by atoms with Crippen LogP contribution in [0.15, 0.2) is 71.2 Å². The maximum absolute atomic E-state index is 13.7. The van der Waals surface area contributed by atoms with E-state index >= 15 is 0 Å². The molecule has 0 radical (unpaired) electrons. The predicted octanol–water partition coefficient (Wildman–Crippen LogP) is 8.86. The molecule has 1 saturated carbocycles. The van der Waals surface area contributed by atoms with Crippen molar-refractivity contribution in [2.75, 3.05) is 18.5 Å². The molecule has 2 aromatic carbocycles.